The summed E-state index contributed by atoms with van der Waals surface area (Å²) in [5.41, 5.74) is 8.37. The summed E-state index contributed by atoms with van der Waals surface area (Å²) in [6.45, 7) is 0. The molecule has 0 aliphatic heterocycles. The zero-order valence-electron chi connectivity index (χ0n) is 12.1. The van der Waals surface area contributed by atoms with E-state index in [1.807, 2.05) is 48.5 Å². The molecule has 23 heavy (non-hydrogen) atoms. The number of benzene rings is 2. The highest BCUT2D eigenvalue weighted by atomic mass is 35.5. The second-order valence-corrected chi connectivity index (χ2v) is 5.37. The van der Waals surface area contributed by atoms with Crippen LogP contribution < -0.4 is 5.73 Å². The maximum atomic E-state index is 10.9. The first-order chi connectivity index (χ1) is 11.1. The predicted molar refractivity (Wildman–Crippen MR) is 86.8 cm³/mol. The number of hydrogen-bond acceptors (Lipinski definition) is 4. The Morgan fingerprint density at radius 1 is 1.09 bits per heavy atom. The van der Waals surface area contributed by atoms with Crippen molar-refractivity contribution in [3.63, 3.8) is 0 Å². The summed E-state index contributed by atoms with van der Waals surface area (Å²) >= 11 is 5.89. The van der Waals surface area contributed by atoms with Crippen LogP contribution in [0.2, 0.25) is 5.02 Å². The molecule has 0 fully saturated rings. The average Bonchev–Trinajstić information content (AvgIpc) is 3.04. The summed E-state index contributed by atoms with van der Waals surface area (Å²) in [7, 11) is 0. The van der Waals surface area contributed by atoms with Crippen molar-refractivity contribution in [3.05, 3.63) is 77.3 Å². The van der Waals surface area contributed by atoms with Gasteiger partial charge in [-0.1, -0.05) is 53.2 Å². The molecule has 5 nitrogen and oxygen atoms in total. The van der Waals surface area contributed by atoms with Gasteiger partial charge in [0.1, 0.15) is 0 Å². The number of carbonyl (C=O) groups is 1. The SMILES string of the molecule is NC(=O)c1noc([CH]Cc2ccc(-c3ccc(Cl)cc3)cc2)n1. The summed E-state index contributed by atoms with van der Waals surface area (Å²) in [5, 5.41) is 4.20. The lowest BCUT2D eigenvalue weighted by Gasteiger charge is -2.04. The first-order valence-electron chi connectivity index (χ1n) is 6.93. The van der Waals surface area contributed by atoms with Crippen molar-refractivity contribution in [1.82, 2.24) is 10.1 Å². The Kier molecular flexibility index (Phi) is 4.39. The van der Waals surface area contributed by atoms with E-state index in [4.69, 9.17) is 21.9 Å². The number of hydrogen-bond donors (Lipinski definition) is 1. The third-order valence-electron chi connectivity index (χ3n) is 3.31. The van der Waals surface area contributed by atoms with Gasteiger partial charge in [0.25, 0.3) is 11.7 Å². The van der Waals surface area contributed by atoms with Crippen molar-refractivity contribution < 1.29 is 9.32 Å². The molecule has 0 atom stereocenters. The van der Waals surface area contributed by atoms with Gasteiger partial charge in [0.15, 0.2) is 0 Å². The highest BCUT2D eigenvalue weighted by Gasteiger charge is 2.11. The first kappa shape index (κ1) is 15.2. The summed E-state index contributed by atoms with van der Waals surface area (Å²) in [4.78, 5) is 14.8. The van der Waals surface area contributed by atoms with Gasteiger partial charge in [0.05, 0.1) is 6.42 Å². The van der Waals surface area contributed by atoms with Crippen molar-refractivity contribution in [2.45, 2.75) is 6.42 Å². The van der Waals surface area contributed by atoms with Crippen molar-refractivity contribution in [3.8, 4) is 11.1 Å². The second-order valence-electron chi connectivity index (χ2n) is 4.93. The van der Waals surface area contributed by atoms with Crippen LogP contribution in [0.5, 0.6) is 0 Å². The molecule has 115 valence electrons. The van der Waals surface area contributed by atoms with E-state index in [9.17, 15) is 4.79 Å². The predicted octanol–water partition coefficient (Wildman–Crippen LogP) is 3.28. The molecule has 0 aliphatic carbocycles. The summed E-state index contributed by atoms with van der Waals surface area (Å²) in [6, 6.07) is 15.8. The van der Waals surface area contributed by atoms with Gasteiger partial charge >= 0.3 is 0 Å². The largest absolute Gasteiger partial charge is 0.363 e. The lowest BCUT2D eigenvalue weighted by Crippen LogP contribution is -2.12. The number of amides is 1. The molecule has 0 bridgehead atoms. The minimum Gasteiger partial charge on any atom is -0.363 e. The molecule has 1 heterocycles. The lowest BCUT2D eigenvalue weighted by atomic mass is 10.0. The molecule has 2 N–H and O–H groups in total. The maximum absolute atomic E-state index is 10.9. The van der Waals surface area contributed by atoms with Crippen LogP contribution in [0.1, 0.15) is 22.1 Å². The van der Waals surface area contributed by atoms with Gasteiger partial charge in [-0.25, -0.2) is 0 Å². The minimum absolute atomic E-state index is 0.116. The van der Waals surface area contributed by atoms with E-state index < -0.39 is 5.91 Å². The Morgan fingerprint density at radius 3 is 2.26 bits per heavy atom. The lowest BCUT2D eigenvalue weighted by molar-refractivity contribution is 0.0987. The van der Waals surface area contributed by atoms with Crippen molar-refractivity contribution in [1.29, 1.82) is 0 Å². The van der Waals surface area contributed by atoms with Crippen molar-refractivity contribution in [2.75, 3.05) is 0 Å². The molecule has 1 amide bonds. The van der Waals surface area contributed by atoms with E-state index in [1.54, 1.807) is 6.42 Å². The molecule has 6 heteroatoms. The Bertz CT molecular complexity index is 811. The zero-order valence-corrected chi connectivity index (χ0v) is 12.8. The Balaban J connectivity index is 1.65. The normalized spacial score (nSPS) is 10.7. The summed E-state index contributed by atoms with van der Waals surface area (Å²) in [6.07, 6.45) is 2.36. The maximum Gasteiger partial charge on any atom is 0.290 e. The van der Waals surface area contributed by atoms with E-state index >= 15 is 0 Å². The Morgan fingerprint density at radius 2 is 1.70 bits per heavy atom. The van der Waals surface area contributed by atoms with Crippen LogP contribution in [0.25, 0.3) is 11.1 Å². The average molecular weight is 327 g/mol. The molecule has 0 aliphatic rings. The zero-order chi connectivity index (χ0) is 16.2. The van der Waals surface area contributed by atoms with Gasteiger partial charge in [-0.3, -0.25) is 4.79 Å². The van der Waals surface area contributed by atoms with Crippen LogP contribution in [0, 0.1) is 6.42 Å². The molecule has 0 spiro atoms. The molecular weight excluding hydrogens is 314 g/mol. The van der Waals surface area contributed by atoms with Crippen LogP contribution >= 0.6 is 11.6 Å². The third-order valence-corrected chi connectivity index (χ3v) is 3.56. The van der Waals surface area contributed by atoms with Crippen molar-refractivity contribution >= 4 is 17.5 Å². The molecule has 3 rings (SSSR count). The van der Waals surface area contributed by atoms with Crippen LogP contribution in [-0.4, -0.2) is 16.0 Å². The van der Waals surface area contributed by atoms with E-state index in [2.05, 4.69) is 10.1 Å². The van der Waals surface area contributed by atoms with Gasteiger partial charge in [-0.05, 0) is 35.2 Å². The molecule has 1 radical (unpaired) electrons. The number of rotatable bonds is 5. The van der Waals surface area contributed by atoms with Gasteiger partial charge in [0.2, 0.25) is 5.89 Å². The van der Waals surface area contributed by atoms with Gasteiger partial charge < -0.3 is 10.3 Å². The van der Waals surface area contributed by atoms with Crippen LogP contribution in [-0.2, 0) is 6.42 Å². The fraction of sp³-hybridized carbons (Fsp3) is 0.0588. The first-order valence-corrected chi connectivity index (χ1v) is 7.31. The molecule has 0 saturated carbocycles. The minimum atomic E-state index is -0.708. The van der Waals surface area contributed by atoms with Crippen LogP contribution in [0.3, 0.4) is 0 Å². The van der Waals surface area contributed by atoms with Crippen LogP contribution in [0.4, 0.5) is 0 Å². The summed E-state index contributed by atoms with van der Waals surface area (Å²) in [5.74, 6) is -0.546. The topological polar surface area (TPSA) is 82.0 Å². The number of primary amides is 1. The fourth-order valence-corrected chi connectivity index (χ4v) is 2.22. The van der Waals surface area contributed by atoms with Crippen molar-refractivity contribution in [2.24, 2.45) is 5.73 Å². The number of nitrogens with two attached hydrogens (primary N) is 1. The quantitative estimate of drug-likeness (QED) is 0.780. The van der Waals surface area contributed by atoms with Gasteiger partial charge in [0, 0.05) is 5.02 Å². The van der Waals surface area contributed by atoms with E-state index in [1.165, 1.54) is 0 Å². The summed E-state index contributed by atoms with van der Waals surface area (Å²) < 4.78 is 4.92. The molecule has 0 unspecified atom stereocenters. The molecule has 2 aromatic carbocycles. The number of halogens is 1. The van der Waals surface area contributed by atoms with Gasteiger partial charge in [-0.15, -0.1) is 0 Å². The smallest absolute Gasteiger partial charge is 0.290 e. The van der Waals surface area contributed by atoms with Crippen LogP contribution in [0.15, 0.2) is 53.1 Å². The number of nitrogens with zero attached hydrogens (tertiary/aromatic N) is 2. The highest BCUT2D eigenvalue weighted by molar-refractivity contribution is 6.30. The third kappa shape index (κ3) is 3.76. The molecule has 0 saturated heterocycles. The van der Waals surface area contributed by atoms with E-state index in [0.717, 1.165) is 21.7 Å². The van der Waals surface area contributed by atoms with Gasteiger partial charge in [-0.2, -0.15) is 4.98 Å². The second kappa shape index (κ2) is 6.62. The fourth-order valence-electron chi connectivity index (χ4n) is 2.10. The molecule has 1 aromatic heterocycles. The monoisotopic (exact) mass is 326 g/mol. The number of carbonyl (C=O) groups excluding carboxylic acids is 1. The number of aromatic nitrogens is 2. The van der Waals surface area contributed by atoms with E-state index in [0.29, 0.717) is 6.42 Å². The van der Waals surface area contributed by atoms with E-state index in [-0.39, 0.29) is 11.7 Å². The molecular formula is C17H13ClN3O2. The Labute approximate surface area is 138 Å². The molecule has 3 aromatic rings. The standard InChI is InChI=1S/C17H13ClN3O2/c18-14-8-6-13(7-9-14)12-4-1-11(2-5-12)3-10-15-20-17(16(19)22)21-23-15/h1-2,4-10H,3H2,(H2,19,22). The highest BCUT2D eigenvalue weighted by Crippen LogP contribution is 2.22. The Hall–Kier alpha value is -2.66.